The van der Waals surface area contributed by atoms with E-state index in [1.165, 1.54) is 0 Å². The van der Waals surface area contributed by atoms with Gasteiger partial charge < -0.3 is 5.32 Å². The maximum Gasteiger partial charge on any atom is 0.238 e. The summed E-state index contributed by atoms with van der Waals surface area (Å²) in [6, 6.07) is 7.45. The minimum absolute atomic E-state index is 0.00836. The molecular formula is C12H15Cl2NO. The van der Waals surface area contributed by atoms with Gasteiger partial charge in [0.1, 0.15) is 5.38 Å². The molecule has 0 radical (unpaired) electrons. The summed E-state index contributed by atoms with van der Waals surface area (Å²) in [5.74, 6) is -0.150. The zero-order valence-electron chi connectivity index (χ0n) is 9.34. The van der Waals surface area contributed by atoms with Crippen LogP contribution in [0.5, 0.6) is 0 Å². The van der Waals surface area contributed by atoms with E-state index >= 15 is 0 Å². The number of alkyl halides is 1. The molecule has 4 heteroatoms. The van der Waals surface area contributed by atoms with Gasteiger partial charge >= 0.3 is 0 Å². The molecule has 2 atom stereocenters. The van der Waals surface area contributed by atoms with Crippen molar-refractivity contribution in [3.05, 3.63) is 34.9 Å². The van der Waals surface area contributed by atoms with Gasteiger partial charge in [0, 0.05) is 5.02 Å². The van der Waals surface area contributed by atoms with Crippen LogP contribution in [0.3, 0.4) is 0 Å². The summed E-state index contributed by atoms with van der Waals surface area (Å²) in [6.45, 7) is 3.67. The van der Waals surface area contributed by atoms with E-state index in [2.05, 4.69) is 5.32 Å². The molecule has 2 unspecified atom stereocenters. The first-order valence-corrected chi connectivity index (χ1v) is 6.06. The highest BCUT2D eigenvalue weighted by molar-refractivity contribution is 6.30. The molecule has 1 rings (SSSR count). The van der Waals surface area contributed by atoms with Gasteiger partial charge in [0.2, 0.25) is 5.91 Å². The number of carbonyl (C=O) groups is 1. The maximum atomic E-state index is 11.5. The van der Waals surface area contributed by atoms with Crippen LogP contribution in [-0.4, -0.2) is 11.3 Å². The van der Waals surface area contributed by atoms with Gasteiger partial charge in [0.05, 0.1) is 6.04 Å². The van der Waals surface area contributed by atoms with Crippen LogP contribution < -0.4 is 5.32 Å². The van der Waals surface area contributed by atoms with E-state index < -0.39 is 5.38 Å². The molecule has 2 nitrogen and oxygen atoms in total. The molecule has 0 heterocycles. The Labute approximate surface area is 106 Å². The molecular weight excluding hydrogens is 245 g/mol. The van der Waals surface area contributed by atoms with E-state index in [0.717, 1.165) is 12.0 Å². The van der Waals surface area contributed by atoms with Crippen LogP contribution in [0.15, 0.2) is 24.3 Å². The number of amides is 1. The van der Waals surface area contributed by atoms with Crippen molar-refractivity contribution in [3.63, 3.8) is 0 Å². The average molecular weight is 260 g/mol. The first-order valence-electron chi connectivity index (χ1n) is 5.24. The van der Waals surface area contributed by atoms with Crippen molar-refractivity contribution >= 4 is 29.1 Å². The molecule has 0 aliphatic carbocycles. The molecule has 1 amide bonds. The van der Waals surface area contributed by atoms with Crippen molar-refractivity contribution in [2.75, 3.05) is 0 Å². The van der Waals surface area contributed by atoms with Gasteiger partial charge in [-0.2, -0.15) is 0 Å². The van der Waals surface area contributed by atoms with E-state index in [1.54, 1.807) is 6.92 Å². The molecule has 0 aliphatic rings. The molecule has 1 aromatic rings. The van der Waals surface area contributed by atoms with E-state index in [0.29, 0.717) is 5.02 Å². The lowest BCUT2D eigenvalue weighted by Gasteiger charge is -2.18. The monoisotopic (exact) mass is 259 g/mol. The lowest BCUT2D eigenvalue weighted by Crippen LogP contribution is -2.33. The number of hydrogen-bond donors (Lipinski definition) is 1. The number of carbonyl (C=O) groups excluding carboxylic acids is 1. The fourth-order valence-electron chi connectivity index (χ4n) is 1.40. The molecule has 0 saturated heterocycles. The van der Waals surface area contributed by atoms with Gasteiger partial charge in [0.25, 0.3) is 0 Å². The van der Waals surface area contributed by atoms with E-state index in [4.69, 9.17) is 23.2 Å². The Morgan fingerprint density at radius 2 is 1.94 bits per heavy atom. The minimum atomic E-state index is -0.513. The summed E-state index contributed by atoms with van der Waals surface area (Å²) in [5, 5.41) is 3.07. The van der Waals surface area contributed by atoms with Gasteiger partial charge in [-0.15, -0.1) is 11.6 Å². The fraction of sp³-hybridized carbons (Fsp3) is 0.417. The third-order valence-corrected chi connectivity index (χ3v) is 2.81. The largest absolute Gasteiger partial charge is 0.348 e. The molecule has 0 fully saturated rings. The topological polar surface area (TPSA) is 29.1 Å². The number of nitrogens with one attached hydrogen (secondary N) is 1. The number of hydrogen-bond acceptors (Lipinski definition) is 1. The molecule has 16 heavy (non-hydrogen) atoms. The highest BCUT2D eigenvalue weighted by Gasteiger charge is 2.15. The van der Waals surface area contributed by atoms with Crippen LogP contribution in [0.25, 0.3) is 0 Å². The quantitative estimate of drug-likeness (QED) is 0.824. The predicted octanol–water partition coefficient (Wildman–Crippen LogP) is 3.53. The van der Waals surface area contributed by atoms with E-state index in [1.807, 2.05) is 31.2 Å². The third-order valence-electron chi connectivity index (χ3n) is 2.36. The molecule has 1 aromatic carbocycles. The summed E-state index contributed by atoms with van der Waals surface area (Å²) < 4.78 is 0. The van der Waals surface area contributed by atoms with Gasteiger partial charge in [0.15, 0.2) is 0 Å². The highest BCUT2D eigenvalue weighted by atomic mass is 35.5. The van der Waals surface area contributed by atoms with Gasteiger partial charge in [-0.3, -0.25) is 4.79 Å². The molecule has 0 spiro atoms. The van der Waals surface area contributed by atoms with Crippen molar-refractivity contribution < 1.29 is 4.79 Å². The Hall–Kier alpha value is -0.730. The Bertz CT molecular complexity index is 349. The van der Waals surface area contributed by atoms with Crippen molar-refractivity contribution in [3.8, 4) is 0 Å². The van der Waals surface area contributed by atoms with Crippen molar-refractivity contribution in [2.45, 2.75) is 31.7 Å². The SMILES string of the molecule is CCC(NC(=O)C(C)Cl)c1ccc(Cl)cc1. The normalized spacial score (nSPS) is 14.2. The smallest absolute Gasteiger partial charge is 0.238 e. The van der Waals surface area contributed by atoms with Crippen molar-refractivity contribution in [1.29, 1.82) is 0 Å². The van der Waals surface area contributed by atoms with E-state index in [-0.39, 0.29) is 11.9 Å². The number of halogens is 2. The molecule has 0 aliphatic heterocycles. The zero-order chi connectivity index (χ0) is 12.1. The van der Waals surface area contributed by atoms with Crippen molar-refractivity contribution in [2.24, 2.45) is 0 Å². The fourth-order valence-corrected chi connectivity index (χ4v) is 1.59. The van der Waals surface area contributed by atoms with Crippen LogP contribution in [-0.2, 0) is 4.79 Å². The van der Waals surface area contributed by atoms with Gasteiger partial charge in [-0.1, -0.05) is 30.7 Å². The molecule has 1 N–H and O–H groups in total. The Morgan fingerprint density at radius 3 is 2.38 bits per heavy atom. The lowest BCUT2D eigenvalue weighted by molar-refractivity contribution is -0.121. The second-order valence-electron chi connectivity index (χ2n) is 3.64. The first kappa shape index (κ1) is 13.3. The van der Waals surface area contributed by atoms with Gasteiger partial charge in [-0.05, 0) is 31.0 Å². The lowest BCUT2D eigenvalue weighted by atomic mass is 10.0. The number of rotatable bonds is 4. The van der Waals surface area contributed by atoms with Crippen LogP contribution in [0.1, 0.15) is 31.9 Å². The summed E-state index contributed by atoms with van der Waals surface area (Å²) in [6.07, 6.45) is 0.816. The molecule has 0 saturated carbocycles. The first-order chi connectivity index (χ1) is 7.54. The summed E-state index contributed by atoms with van der Waals surface area (Å²) in [7, 11) is 0. The standard InChI is InChI=1S/C12H15Cl2NO/c1-3-11(15-12(16)8(2)13)9-4-6-10(14)7-5-9/h4-8,11H,3H2,1-2H3,(H,15,16). The Morgan fingerprint density at radius 1 is 1.38 bits per heavy atom. The zero-order valence-corrected chi connectivity index (χ0v) is 10.8. The molecule has 0 bridgehead atoms. The molecule has 0 aromatic heterocycles. The summed E-state index contributed by atoms with van der Waals surface area (Å²) >= 11 is 11.5. The molecule has 88 valence electrons. The summed E-state index contributed by atoms with van der Waals surface area (Å²) in [4.78, 5) is 11.5. The Kier molecular flexibility index (Phi) is 5.10. The predicted molar refractivity (Wildman–Crippen MR) is 67.9 cm³/mol. The van der Waals surface area contributed by atoms with Crippen molar-refractivity contribution in [1.82, 2.24) is 5.32 Å². The van der Waals surface area contributed by atoms with Crippen LogP contribution in [0, 0.1) is 0 Å². The maximum absolute atomic E-state index is 11.5. The second-order valence-corrected chi connectivity index (χ2v) is 4.73. The third kappa shape index (κ3) is 3.69. The average Bonchev–Trinajstić information content (AvgIpc) is 2.26. The highest BCUT2D eigenvalue weighted by Crippen LogP contribution is 2.19. The van der Waals surface area contributed by atoms with Gasteiger partial charge in [-0.25, -0.2) is 0 Å². The Balaban J connectivity index is 2.74. The van der Waals surface area contributed by atoms with Crippen LogP contribution >= 0.6 is 23.2 Å². The summed E-state index contributed by atoms with van der Waals surface area (Å²) in [5.41, 5.74) is 1.04. The van der Waals surface area contributed by atoms with Crippen LogP contribution in [0.2, 0.25) is 5.02 Å². The number of benzene rings is 1. The second kappa shape index (κ2) is 6.12. The van der Waals surface area contributed by atoms with Crippen LogP contribution in [0.4, 0.5) is 0 Å². The van der Waals surface area contributed by atoms with E-state index in [9.17, 15) is 4.79 Å². The minimum Gasteiger partial charge on any atom is -0.348 e.